The molecule has 17 atom stereocenters. The molecule has 76 heavy (non-hydrogen) atoms. The van der Waals surface area contributed by atoms with Crippen molar-refractivity contribution < 1.29 is 67.3 Å². The van der Waals surface area contributed by atoms with E-state index in [0.29, 0.717) is 38.5 Å². The zero-order valence-corrected chi connectivity index (χ0v) is 49.6. The minimum Gasteiger partial charge on any atom is -0.462 e. The highest BCUT2D eigenvalue weighted by Gasteiger charge is 2.38. The first kappa shape index (κ1) is 69.8. The Hall–Kier alpha value is -4.23. The van der Waals surface area contributed by atoms with E-state index in [4.69, 9.17) is 33.2 Å². The van der Waals surface area contributed by atoms with Crippen LogP contribution >= 0.6 is 0 Å². The molecular weight excluding hydrogens is 975 g/mol. The van der Waals surface area contributed by atoms with E-state index in [9.17, 15) is 34.2 Å². The van der Waals surface area contributed by atoms with E-state index >= 15 is 0 Å². The van der Waals surface area contributed by atoms with E-state index in [1.165, 1.54) is 25.0 Å². The van der Waals surface area contributed by atoms with Crippen LogP contribution in [0.25, 0.3) is 0 Å². The van der Waals surface area contributed by atoms with E-state index in [1.807, 2.05) is 53.7 Å². The summed E-state index contributed by atoms with van der Waals surface area (Å²) in [5.74, 6) is -4.14. The smallest absolute Gasteiger partial charge is 0.331 e. The van der Waals surface area contributed by atoms with Crippen molar-refractivity contribution in [3.05, 3.63) is 60.4 Å². The summed E-state index contributed by atoms with van der Waals surface area (Å²) < 4.78 is 41.6. The van der Waals surface area contributed by atoms with Crippen LogP contribution in [0.5, 0.6) is 0 Å². The minimum atomic E-state index is -0.966. The molecule has 436 valence electrons. The van der Waals surface area contributed by atoms with Crippen LogP contribution in [-0.2, 0) is 57.1 Å². The van der Waals surface area contributed by atoms with Crippen molar-refractivity contribution in [3.8, 4) is 0 Å². The third-order valence-electron chi connectivity index (χ3n) is 15.2. The third kappa shape index (κ3) is 25.1. The van der Waals surface area contributed by atoms with Gasteiger partial charge in [0.25, 0.3) is 0 Å². The molecule has 0 bridgehead atoms. The number of allylic oxidation sites excluding steroid dienone is 3. The van der Waals surface area contributed by atoms with Gasteiger partial charge in [-0.05, 0) is 110 Å². The SMILES string of the molecule is COC[C@@H](C(=O)O[C@H]1[C@@H](C)[C@H](O)C/C=C/C=C/C(=O)O[C@H]([C@H](C)[C@H](O)[C@H](C)CC[C@H](OC(=O)[C@H](C)N(C)C)[C@H](C)[C@H](OC(C)=O)[C@@H](C)/C=C/N(C)C=O)C/C=C/[C@@H](OC)C[C@H](C)C/C=C(\C)[C@@H](OC)CC[C@@H]1C)N(C)C. The van der Waals surface area contributed by atoms with E-state index in [-0.39, 0.29) is 55.3 Å². The predicted molar refractivity (Wildman–Crippen MR) is 297 cm³/mol. The summed E-state index contributed by atoms with van der Waals surface area (Å²) in [6, 6.07) is -1.20. The lowest BCUT2D eigenvalue weighted by Crippen LogP contribution is -2.45. The van der Waals surface area contributed by atoms with E-state index < -0.39 is 90.3 Å². The number of esters is 4. The number of aliphatic hydroxyl groups is 2. The molecule has 1 rings (SSSR count). The molecule has 0 aromatic heterocycles. The Morgan fingerprint density at radius 2 is 1.54 bits per heavy atom. The molecule has 0 aromatic rings. The number of carbonyl (C=O) groups excluding carboxylic acids is 5. The fraction of sp³-hybridized carbons (Fsp3) is 0.746. The molecule has 2 N–H and O–H groups in total. The molecular formula is C59H101N3O14. The van der Waals surface area contributed by atoms with Gasteiger partial charge in [0.1, 0.15) is 36.5 Å². The zero-order chi connectivity index (χ0) is 57.8. The Labute approximate surface area is 457 Å². The van der Waals surface area contributed by atoms with Crippen LogP contribution in [0.2, 0.25) is 0 Å². The molecule has 0 unspecified atom stereocenters. The monoisotopic (exact) mass is 1080 g/mol. The molecule has 0 spiro atoms. The lowest BCUT2D eigenvalue weighted by Gasteiger charge is -2.35. The number of ether oxygens (including phenoxy) is 7. The second-order valence-corrected chi connectivity index (χ2v) is 21.9. The van der Waals surface area contributed by atoms with Crippen molar-refractivity contribution in [2.45, 2.75) is 182 Å². The molecule has 1 amide bonds. The van der Waals surface area contributed by atoms with Crippen LogP contribution in [0.3, 0.4) is 0 Å². The van der Waals surface area contributed by atoms with Crippen LogP contribution < -0.4 is 0 Å². The molecule has 1 aliphatic rings. The second-order valence-electron chi connectivity index (χ2n) is 21.9. The topological polar surface area (TPSA) is 200 Å². The standard InChI is InChI=1S/C59H101N3O14/c1-38-27-28-39(2)51(72-18)31-30-41(4)56(76-59(69)49(36-70-16)61(13)14)43(6)50(65)24-20-19-21-26-54(66)74-52(25-22-23-48(35-38)71-17)44(7)55(67)40(3)29-32-53(75-58(68)46(9)60(11)12)45(8)57(73-47(10)64)42(5)33-34-62(15)37-63/h19-23,26,28,33-34,37-38,40-46,48-53,55-57,65,67H,24-25,27,29-32,35-36H2,1-18H3/b20-19+,23-22+,26-21+,34-33+,39-28+/t38-,40-,41+,42+,43+,44+,45+,46+,48-,49+,50-,51+,52+,53+,55-,56-,57-/m1/s1. The zero-order valence-electron chi connectivity index (χ0n) is 49.6. The molecule has 1 heterocycles. The Bertz CT molecular complexity index is 1870. The molecule has 0 radical (unpaired) electrons. The summed E-state index contributed by atoms with van der Waals surface area (Å²) in [4.78, 5) is 69.2. The van der Waals surface area contributed by atoms with Crippen LogP contribution in [0.4, 0.5) is 0 Å². The summed E-state index contributed by atoms with van der Waals surface area (Å²) in [5, 5.41) is 23.6. The molecule has 17 nitrogen and oxygen atoms in total. The van der Waals surface area contributed by atoms with Crippen LogP contribution in [0, 0.1) is 41.4 Å². The fourth-order valence-corrected chi connectivity index (χ4v) is 9.44. The van der Waals surface area contributed by atoms with Crippen molar-refractivity contribution in [2.75, 3.05) is 63.2 Å². The number of likely N-dealkylation sites (N-methyl/N-ethyl adjacent to an activating group) is 2. The molecule has 17 heteroatoms. The summed E-state index contributed by atoms with van der Waals surface area (Å²) >= 11 is 0. The number of cyclic esters (lactones) is 1. The van der Waals surface area contributed by atoms with Gasteiger partial charge in [-0.25, -0.2) is 4.79 Å². The highest BCUT2D eigenvalue weighted by Crippen LogP contribution is 2.32. The lowest BCUT2D eigenvalue weighted by atomic mass is 9.82. The number of hydrogen-bond donors (Lipinski definition) is 2. The lowest BCUT2D eigenvalue weighted by molar-refractivity contribution is -0.166. The van der Waals surface area contributed by atoms with E-state index in [1.54, 1.807) is 96.7 Å². The Morgan fingerprint density at radius 1 is 0.868 bits per heavy atom. The summed E-state index contributed by atoms with van der Waals surface area (Å²) in [7, 11) is 13.6. The van der Waals surface area contributed by atoms with Gasteiger partial charge in [-0.3, -0.25) is 29.0 Å². The Kier molecular flexibility index (Phi) is 33.8. The van der Waals surface area contributed by atoms with Gasteiger partial charge in [0.05, 0.1) is 31.0 Å². The van der Waals surface area contributed by atoms with Gasteiger partial charge in [-0.2, -0.15) is 0 Å². The van der Waals surface area contributed by atoms with Gasteiger partial charge in [0.2, 0.25) is 6.41 Å². The first-order valence-electron chi connectivity index (χ1n) is 27.3. The second kappa shape index (κ2) is 36.8. The van der Waals surface area contributed by atoms with Gasteiger partial charge in [-0.1, -0.05) is 91.0 Å². The Balaban J connectivity index is 3.64. The summed E-state index contributed by atoms with van der Waals surface area (Å²) in [5.41, 5.74) is 1.10. The molecule has 1 aliphatic heterocycles. The maximum atomic E-state index is 13.6. The number of aliphatic hydroxyl groups excluding tert-OH is 2. The number of carbonyl (C=O) groups is 5. The number of amides is 1. The molecule has 0 saturated carbocycles. The third-order valence-corrected chi connectivity index (χ3v) is 15.2. The van der Waals surface area contributed by atoms with Gasteiger partial charge < -0.3 is 48.3 Å². The summed E-state index contributed by atoms with van der Waals surface area (Å²) in [6.07, 6.45) is 15.4. The first-order chi connectivity index (χ1) is 35.7. The van der Waals surface area contributed by atoms with Crippen LogP contribution in [0.1, 0.15) is 121 Å². The van der Waals surface area contributed by atoms with Crippen molar-refractivity contribution in [3.63, 3.8) is 0 Å². The largest absolute Gasteiger partial charge is 0.462 e. The number of methoxy groups -OCH3 is 3. The molecule has 0 aromatic carbocycles. The highest BCUT2D eigenvalue weighted by molar-refractivity contribution is 5.82. The highest BCUT2D eigenvalue weighted by atomic mass is 16.6. The maximum absolute atomic E-state index is 13.6. The predicted octanol–water partition coefficient (Wildman–Crippen LogP) is 7.74. The molecule has 0 aliphatic carbocycles. The number of hydrogen-bond acceptors (Lipinski definition) is 16. The van der Waals surface area contributed by atoms with Crippen molar-refractivity contribution in [1.29, 1.82) is 0 Å². The van der Waals surface area contributed by atoms with Gasteiger partial charge in [0.15, 0.2) is 0 Å². The Morgan fingerprint density at radius 3 is 2.12 bits per heavy atom. The maximum Gasteiger partial charge on any atom is 0.331 e. The number of rotatable bonds is 23. The van der Waals surface area contributed by atoms with Gasteiger partial charge in [0, 0.05) is 77.7 Å². The minimum absolute atomic E-state index is 0.131. The normalized spacial score (nSPS) is 28.6. The van der Waals surface area contributed by atoms with E-state index in [0.717, 1.165) is 12.0 Å². The first-order valence-corrected chi connectivity index (χ1v) is 27.3. The average Bonchev–Trinajstić information content (AvgIpc) is 3.37. The average molecular weight is 1080 g/mol. The summed E-state index contributed by atoms with van der Waals surface area (Å²) in [6.45, 7) is 18.8. The van der Waals surface area contributed by atoms with Crippen LogP contribution in [0.15, 0.2) is 60.4 Å². The van der Waals surface area contributed by atoms with Crippen molar-refractivity contribution in [2.24, 2.45) is 41.4 Å². The van der Waals surface area contributed by atoms with Crippen molar-refractivity contribution >= 4 is 30.3 Å². The fourth-order valence-electron chi connectivity index (χ4n) is 9.44. The number of nitrogens with zero attached hydrogens (tertiary/aromatic N) is 3. The quantitative estimate of drug-likeness (QED) is 0.0435. The molecule has 0 saturated heterocycles. The van der Waals surface area contributed by atoms with Crippen molar-refractivity contribution in [1.82, 2.24) is 14.7 Å². The molecule has 0 fully saturated rings. The van der Waals surface area contributed by atoms with Gasteiger partial charge >= 0.3 is 23.9 Å². The van der Waals surface area contributed by atoms with Crippen LogP contribution in [-0.4, -0.2) is 179 Å². The van der Waals surface area contributed by atoms with Gasteiger partial charge in [-0.15, -0.1) is 0 Å². The van der Waals surface area contributed by atoms with E-state index in [2.05, 4.69) is 19.9 Å².